The fourth-order valence-electron chi connectivity index (χ4n) is 3.64. The lowest BCUT2D eigenvalue weighted by atomic mass is 9.90. The summed E-state index contributed by atoms with van der Waals surface area (Å²) in [5, 5.41) is 40.3. The van der Waals surface area contributed by atoms with Crippen molar-refractivity contribution >= 4 is 21.7 Å². The molecule has 1 aliphatic heterocycles. The number of ether oxygens (including phenoxy) is 2. The zero-order valence-electron chi connectivity index (χ0n) is 17.6. The molecule has 11 heteroatoms. The summed E-state index contributed by atoms with van der Waals surface area (Å²) in [4.78, 5) is 0. The molecule has 182 valence electrons. The molecule has 1 aliphatic rings. The largest absolute Gasteiger partial charge is 0.494 e. The summed E-state index contributed by atoms with van der Waals surface area (Å²) in [7, 11) is -4.01. The minimum absolute atomic E-state index is 0.145. The van der Waals surface area contributed by atoms with E-state index in [1.54, 1.807) is 30.3 Å². The molecule has 5 atom stereocenters. The van der Waals surface area contributed by atoms with Crippen LogP contribution in [0.1, 0.15) is 29.2 Å². The first-order valence-corrected chi connectivity index (χ1v) is 12.3. The summed E-state index contributed by atoms with van der Waals surface area (Å²) in [5.41, 5.74) is 2.20. The highest BCUT2D eigenvalue weighted by molar-refractivity contribution is 7.85. The van der Waals surface area contributed by atoms with Gasteiger partial charge >= 0.3 is 0 Å². The summed E-state index contributed by atoms with van der Waals surface area (Å²) in [6, 6.07) is 12.2. The van der Waals surface area contributed by atoms with Crippen LogP contribution in [0.2, 0.25) is 5.02 Å². The maximum absolute atomic E-state index is 10.7. The van der Waals surface area contributed by atoms with Crippen molar-refractivity contribution in [2.75, 3.05) is 19.0 Å². The molecule has 0 amide bonds. The van der Waals surface area contributed by atoms with Gasteiger partial charge in [-0.3, -0.25) is 4.55 Å². The zero-order valence-corrected chi connectivity index (χ0v) is 19.2. The van der Waals surface area contributed by atoms with Crippen LogP contribution in [0.15, 0.2) is 42.5 Å². The van der Waals surface area contributed by atoms with Crippen LogP contribution in [-0.2, 0) is 21.3 Å². The van der Waals surface area contributed by atoms with Crippen molar-refractivity contribution in [2.24, 2.45) is 0 Å². The summed E-state index contributed by atoms with van der Waals surface area (Å²) >= 11 is 6.35. The van der Waals surface area contributed by atoms with Gasteiger partial charge in [-0.05, 0) is 47.7 Å². The highest BCUT2D eigenvalue weighted by Gasteiger charge is 2.44. The van der Waals surface area contributed by atoms with E-state index in [0.29, 0.717) is 22.8 Å². The molecular formula is C22H27ClO9S. The van der Waals surface area contributed by atoms with Crippen molar-refractivity contribution in [3.63, 3.8) is 0 Å². The number of benzene rings is 2. The predicted molar refractivity (Wildman–Crippen MR) is 120 cm³/mol. The van der Waals surface area contributed by atoms with E-state index < -0.39 is 47.2 Å². The first kappa shape index (κ1) is 25.9. The second-order valence-corrected chi connectivity index (χ2v) is 9.89. The van der Waals surface area contributed by atoms with Gasteiger partial charge < -0.3 is 29.9 Å². The lowest BCUT2D eigenvalue weighted by Crippen LogP contribution is -2.55. The Bertz CT molecular complexity index is 1030. The van der Waals surface area contributed by atoms with Crippen molar-refractivity contribution in [3.05, 3.63) is 64.2 Å². The van der Waals surface area contributed by atoms with Gasteiger partial charge in [-0.25, -0.2) is 0 Å². The van der Waals surface area contributed by atoms with Gasteiger partial charge in [0.1, 0.15) is 36.3 Å². The molecule has 0 saturated carbocycles. The standard InChI is InChI=1S/C22H27ClO9S/c23-17-7-4-14(22-21(27)20(26)19(25)18(12-24)32-22)11-15(17)10-13-2-5-16(6-3-13)31-8-1-9-33(28,29)30/h2-7,11,18-22,24-27H,1,8-10,12H2,(H,28,29,30)/t18-,19-,20+,21-,22+/m1/s1. The summed E-state index contributed by atoms with van der Waals surface area (Å²) < 4.78 is 41.3. The normalized spacial score (nSPS) is 25.7. The molecule has 0 bridgehead atoms. The van der Waals surface area contributed by atoms with Crippen LogP contribution in [0.25, 0.3) is 0 Å². The number of hydrogen-bond acceptors (Lipinski definition) is 8. The molecule has 3 rings (SSSR count). The lowest BCUT2D eigenvalue weighted by molar-refractivity contribution is -0.231. The molecule has 9 nitrogen and oxygen atoms in total. The molecule has 1 fully saturated rings. The molecule has 0 radical (unpaired) electrons. The molecule has 0 aromatic heterocycles. The van der Waals surface area contributed by atoms with Crippen molar-refractivity contribution in [1.82, 2.24) is 0 Å². The number of rotatable bonds is 9. The summed E-state index contributed by atoms with van der Waals surface area (Å²) in [6.45, 7) is -0.363. The van der Waals surface area contributed by atoms with Gasteiger partial charge in [-0.15, -0.1) is 0 Å². The van der Waals surface area contributed by atoms with Crippen LogP contribution in [0.4, 0.5) is 0 Å². The van der Waals surface area contributed by atoms with E-state index in [1.807, 2.05) is 12.1 Å². The van der Waals surface area contributed by atoms with Crippen LogP contribution in [0, 0.1) is 0 Å². The van der Waals surface area contributed by atoms with Crippen molar-refractivity contribution in [2.45, 2.75) is 43.4 Å². The Morgan fingerprint density at radius 3 is 2.33 bits per heavy atom. The highest BCUT2D eigenvalue weighted by atomic mass is 35.5. The van der Waals surface area contributed by atoms with E-state index in [1.165, 1.54) is 0 Å². The van der Waals surface area contributed by atoms with E-state index >= 15 is 0 Å². The fraction of sp³-hybridized carbons (Fsp3) is 0.455. The Labute approximate surface area is 196 Å². The lowest BCUT2D eigenvalue weighted by Gasteiger charge is -2.40. The minimum Gasteiger partial charge on any atom is -0.494 e. The van der Waals surface area contributed by atoms with Crippen LogP contribution in [0.5, 0.6) is 5.75 Å². The van der Waals surface area contributed by atoms with Gasteiger partial charge in [-0.1, -0.05) is 35.9 Å². The topological polar surface area (TPSA) is 154 Å². The maximum Gasteiger partial charge on any atom is 0.264 e. The smallest absolute Gasteiger partial charge is 0.264 e. The Morgan fingerprint density at radius 1 is 1.00 bits per heavy atom. The number of halogens is 1. The molecule has 1 heterocycles. The van der Waals surface area contributed by atoms with Crippen molar-refractivity contribution in [3.8, 4) is 5.75 Å². The fourth-order valence-corrected chi connectivity index (χ4v) is 4.31. The zero-order chi connectivity index (χ0) is 24.2. The van der Waals surface area contributed by atoms with Gasteiger partial charge in [0.15, 0.2) is 0 Å². The molecule has 33 heavy (non-hydrogen) atoms. The van der Waals surface area contributed by atoms with Crippen LogP contribution >= 0.6 is 11.6 Å². The molecule has 1 saturated heterocycles. The average Bonchev–Trinajstić information content (AvgIpc) is 2.77. The number of aliphatic hydroxyl groups excluding tert-OH is 4. The second-order valence-electron chi connectivity index (χ2n) is 7.91. The van der Waals surface area contributed by atoms with Gasteiger partial charge in [0.25, 0.3) is 10.1 Å². The minimum atomic E-state index is -4.01. The number of hydrogen-bond donors (Lipinski definition) is 5. The van der Waals surface area contributed by atoms with E-state index in [0.717, 1.165) is 11.1 Å². The first-order valence-electron chi connectivity index (χ1n) is 10.3. The molecule has 5 N–H and O–H groups in total. The van der Waals surface area contributed by atoms with Gasteiger partial charge in [-0.2, -0.15) is 8.42 Å². The van der Waals surface area contributed by atoms with Crippen LogP contribution in [-0.4, -0.2) is 76.8 Å². The third-order valence-corrected chi connectivity index (χ3v) is 6.60. The SMILES string of the molecule is O=S(=O)(O)CCCOc1ccc(Cc2cc([C@@H]3O[C@H](CO)[C@@H](O)[C@H](O)[C@H]3O)ccc2Cl)cc1. The Morgan fingerprint density at radius 2 is 1.70 bits per heavy atom. The van der Waals surface area contributed by atoms with Crippen molar-refractivity contribution in [1.29, 1.82) is 0 Å². The van der Waals surface area contributed by atoms with Crippen LogP contribution < -0.4 is 4.74 Å². The van der Waals surface area contributed by atoms with Crippen molar-refractivity contribution < 1.29 is 42.9 Å². The first-order chi connectivity index (χ1) is 15.6. The average molecular weight is 503 g/mol. The molecule has 0 spiro atoms. The van der Waals surface area contributed by atoms with Gasteiger partial charge in [0, 0.05) is 5.02 Å². The third kappa shape index (κ3) is 6.87. The van der Waals surface area contributed by atoms with Gasteiger partial charge in [0.2, 0.25) is 0 Å². The van der Waals surface area contributed by atoms with E-state index in [9.17, 15) is 28.8 Å². The summed E-state index contributed by atoms with van der Waals surface area (Å²) in [6.07, 6.45) is -5.61. The Kier molecular flexibility index (Phi) is 8.70. The van der Waals surface area contributed by atoms with E-state index in [-0.39, 0.29) is 18.8 Å². The predicted octanol–water partition coefficient (Wildman–Crippen LogP) is 1.10. The molecule has 0 unspecified atom stereocenters. The molecular weight excluding hydrogens is 476 g/mol. The van der Waals surface area contributed by atoms with E-state index in [4.69, 9.17) is 25.6 Å². The summed E-state index contributed by atoms with van der Waals surface area (Å²) in [5.74, 6) is 0.184. The Hall–Kier alpha value is -1.76. The highest BCUT2D eigenvalue weighted by Crippen LogP contribution is 2.34. The quantitative estimate of drug-likeness (QED) is 0.250. The molecule has 2 aromatic carbocycles. The van der Waals surface area contributed by atoms with E-state index in [2.05, 4.69) is 0 Å². The Balaban J connectivity index is 1.67. The van der Waals surface area contributed by atoms with Gasteiger partial charge in [0.05, 0.1) is 19.0 Å². The second kappa shape index (κ2) is 11.1. The molecule has 0 aliphatic carbocycles. The maximum atomic E-state index is 10.7. The van der Waals surface area contributed by atoms with Crippen LogP contribution in [0.3, 0.4) is 0 Å². The monoisotopic (exact) mass is 502 g/mol. The molecule has 2 aromatic rings. The number of aliphatic hydroxyl groups is 4. The third-order valence-electron chi connectivity index (χ3n) is 5.42.